The molecule has 98 valence electrons. The smallest absolute Gasteiger partial charge is 0.0757 e. The molecular formula is C14H18Br2N2. The normalized spacial score (nSPS) is 18.1. The van der Waals surface area contributed by atoms with Crippen LogP contribution in [0.2, 0.25) is 0 Å². The number of aromatic nitrogens is 1. The number of pyridine rings is 1. The Morgan fingerprint density at radius 3 is 2.83 bits per heavy atom. The SMILES string of the molecule is CNC(C1=CCCCCC1)c1ncc(Br)cc1Br. The van der Waals surface area contributed by atoms with Gasteiger partial charge in [-0.05, 0) is 70.7 Å². The van der Waals surface area contributed by atoms with Gasteiger partial charge in [-0.3, -0.25) is 4.98 Å². The van der Waals surface area contributed by atoms with E-state index in [0.29, 0.717) is 0 Å². The first-order valence-corrected chi connectivity index (χ1v) is 7.98. The van der Waals surface area contributed by atoms with Gasteiger partial charge in [0, 0.05) is 15.1 Å². The molecule has 1 aliphatic rings. The summed E-state index contributed by atoms with van der Waals surface area (Å²) < 4.78 is 2.06. The molecule has 0 spiro atoms. The van der Waals surface area contributed by atoms with Gasteiger partial charge in [0.05, 0.1) is 11.7 Å². The summed E-state index contributed by atoms with van der Waals surface area (Å²) in [5.41, 5.74) is 2.55. The summed E-state index contributed by atoms with van der Waals surface area (Å²) in [6, 6.07) is 2.29. The van der Waals surface area contributed by atoms with Crippen LogP contribution in [0.1, 0.15) is 43.8 Å². The third-order valence-electron chi connectivity index (χ3n) is 3.35. The summed E-state index contributed by atoms with van der Waals surface area (Å²) in [6.45, 7) is 0. The minimum Gasteiger partial charge on any atom is -0.308 e. The van der Waals surface area contributed by atoms with Crippen molar-refractivity contribution in [2.24, 2.45) is 0 Å². The van der Waals surface area contributed by atoms with Gasteiger partial charge >= 0.3 is 0 Å². The van der Waals surface area contributed by atoms with Crippen LogP contribution in [-0.4, -0.2) is 12.0 Å². The molecule has 0 fully saturated rings. The number of nitrogens with zero attached hydrogens (tertiary/aromatic N) is 1. The van der Waals surface area contributed by atoms with Gasteiger partial charge in [-0.2, -0.15) is 0 Å². The number of hydrogen-bond donors (Lipinski definition) is 1. The van der Waals surface area contributed by atoms with Gasteiger partial charge in [0.25, 0.3) is 0 Å². The fraction of sp³-hybridized carbons (Fsp3) is 0.500. The van der Waals surface area contributed by atoms with Crippen molar-refractivity contribution in [1.82, 2.24) is 10.3 Å². The zero-order valence-corrected chi connectivity index (χ0v) is 13.7. The van der Waals surface area contributed by atoms with Crippen molar-refractivity contribution >= 4 is 31.9 Å². The fourth-order valence-electron chi connectivity index (χ4n) is 2.44. The highest BCUT2D eigenvalue weighted by atomic mass is 79.9. The number of allylic oxidation sites excluding steroid dienone is 1. The van der Waals surface area contributed by atoms with Crippen LogP contribution in [0.3, 0.4) is 0 Å². The quantitative estimate of drug-likeness (QED) is 0.772. The molecule has 0 amide bonds. The maximum Gasteiger partial charge on any atom is 0.0757 e. The second-order valence-electron chi connectivity index (χ2n) is 4.62. The van der Waals surface area contributed by atoms with Crippen LogP contribution >= 0.6 is 31.9 Å². The Bertz CT molecular complexity index is 443. The zero-order chi connectivity index (χ0) is 13.0. The molecule has 0 radical (unpaired) electrons. The summed E-state index contributed by atoms with van der Waals surface area (Å²) in [7, 11) is 2.01. The standard InChI is InChI=1S/C14H18Br2N2/c1-17-13(10-6-4-2-3-5-7-10)14-12(16)8-11(15)9-18-14/h6,8-9,13,17H,2-5,7H2,1H3. The van der Waals surface area contributed by atoms with Crippen LogP contribution in [0.15, 0.2) is 32.9 Å². The molecular weight excluding hydrogens is 356 g/mol. The first-order chi connectivity index (χ1) is 8.72. The van der Waals surface area contributed by atoms with E-state index < -0.39 is 0 Å². The largest absolute Gasteiger partial charge is 0.308 e. The van der Waals surface area contributed by atoms with Gasteiger partial charge in [0.15, 0.2) is 0 Å². The van der Waals surface area contributed by atoms with Crippen molar-refractivity contribution in [3.63, 3.8) is 0 Å². The Labute approximate surface area is 126 Å². The van der Waals surface area contributed by atoms with Crippen molar-refractivity contribution in [3.8, 4) is 0 Å². The summed E-state index contributed by atoms with van der Waals surface area (Å²) >= 11 is 7.06. The molecule has 2 rings (SSSR count). The highest BCUT2D eigenvalue weighted by molar-refractivity contribution is 9.11. The maximum atomic E-state index is 4.56. The van der Waals surface area contributed by atoms with Gasteiger partial charge in [-0.1, -0.05) is 18.1 Å². The van der Waals surface area contributed by atoms with Crippen LogP contribution in [-0.2, 0) is 0 Å². The van der Waals surface area contributed by atoms with E-state index in [1.807, 2.05) is 13.2 Å². The molecule has 0 saturated heterocycles. The first kappa shape index (κ1) is 14.2. The average molecular weight is 374 g/mol. The molecule has 18 heavy (non-hydrogen) atoms. The lowest BCUT2D eigenvalue weighted by Crippen LogP contribution is -2.20. The fourth-order valence-corrected chi connectivity index (χ4v) is 3.65. The van der Waals surface area contributed by atoms with Crippen LogP contribution in [0, 0.1) is 0 Å². The number of rotatable bonds is 3. The number of halogens is 2. The summed E-state index contributed by atoms with van der Waals surface area (Å²) in [5, 5.41) is 3.40. The Kier molecular flexibility index (Phi) is 5.39. The van der Waals surface area contributed by atoms with Crippen molar-refractivity contribution < 1.29 is 0 Å². The number of likely N-dealkylation sites (N-methyl/N-ethyl adjacent to an activating group) is 1. The van der Waals surface area contributed by atoms with Crippen molar-refractivity contribution in [1.29, 1.82) is 0 Å². The van der Waals surface area contributed by atoms with E-state index >= 15 is 0 Å². The van der Waals surface area contributed by atoms with Crippen LogP contribution in [0.5, 0.6) is 0 Å². The second kappa shape index (κ2) is 6.83. The zero-order valence-electron chi connectivity index (χ0n) is 10.5. The molecule has 0 aromatic carbocycles. The molecule has 1 aromatic heterocycles. The molecule has 1 unspecified atom stereocenters. The Hall–Kier alpha value is -0.190. The maximum absolute atomic E-state index is 4.56. The van der Waals surface area contributed by atoms with Gasteiger partial charge < -0.3 is 5.32 Å². The summed E-state index contributed by atoms with van der Waals surface area (Å²) in [6.07, 6.45) is 10.6. The lowest BCUT2D eigenvalue weighted by molar-refractivity contribution is 0.613. The minimum absolute atomic E-state index is 0.227. The van der Waals surface area contributed by atoms with E-state index in [1.165, 1.54) is 37.7 Å². The van der Waals surface area contributed by atoms with Gasteiger partial charge in [0.2, 0.25) is 0 Å². The predicted octanol–water partition coefficient (Wildman–Crippen LogP) is 4.76. The highest BCUT2D eigenvalue weighted by Crippen LogP contribution is 2.32. The van der Waals surface area contributed by atoms with Crippen LogP contribution < -0.4 is 5.32 Å². The lowest BCUT2D eigenvalue weighted by Gasteiger charge is -2.20. The third kappa shape index (κ3) is 3.43. The number of hydrogen-bond acceptors (Lipinski definition) is 2. The first-order valence-electron chi connectivity index (χ1n) is 6.39. The van der Waals surface area contributed by atoms with E-state index in [1.54, 1.807) is 0 Å². The lowest BCUT2D eigenvalue weighted by atomic mass is 9.99. The summed E-state index contributed by atoms with van der Waals surface area (Å²) in [4.78, 5) is 4.56. The van der Waals surface area contributed by atoms with Crippen LogP contribution in [0.25, 0.3) is 0 Å². The molecule has 1 heterocycles. The third-order valence-corrected chi connectivity index (χ3v) is 4.41. The molecule has 0 bridgehead atoms. The van der Waals surface area contributed by atoms with E-state index in [0.717, 1.165) is 14.6 Å². The van der Waals surface area contributed by atoms with Gasteiger partial charge in [0.1, 0.15) is 0 Å². The monoisotopic (exact) mass is 372 g/mol. The van der Waals surface area contributed by atoms with E-state index in [9.17, 15) is 0 Å². The molecule has 2 nitrogen and oxygen atoms in total. The van der Waals surface area contributed by atoms with Crippen LogP contribution in [0.4, 0.5) is 0 Å². The Morgan fingerprint density at radius 2 is 2.11 bits per heavy atom. The van der Waals surface area contributed by atoms with Crippen molar-refractivity contribution in [3.05, 3.63) is 38.6 Å². The molecule has 1 aliphatic carbocycles. The molecule has 0 aliphatic heterocycles. The van der Waals surface area contributed by atoms with Crippen molar-refractivity contribution in [2.45, 2.75) is 38.1 Å². The molecule has 1 atom stereocenters. The topological polar surface area (TPSA) is 24.9 Å². The number of nitrogens with one attached hydrogen (secondary N) is 1. The minimum atomic E-state index is 0.227. The Balaban J connectivity index is 2.29. The summed E-state index contributed by atoms with van der Waals surface area (Å²) in [5.74, 6) is 0. The Morgan fingerprint density at radius 1 is 1.28 bits per heavy atom. The molecule has 1 aromatic rings. The van der Waals surface area contributed by atoms with E-state index in [-0.39, 0.29) is 6.04 Å². The van der Waals surface area contributed by atoms with E-state index in [2.05, 4.69) is 54.3 Å². The molecule has 4 heteroatoms. The predicted molar refractivity (Wildman–Crippen MR) is 82.6 cm³/mol. The molecule has 0 saturated carbocycles. The highest BCUT2D eigenvalue weighted by Gasteiger charge is 2.19. The van der Waals surface area contributed by atoms with E-state index in [4.69, 9.17) is 0 Å². The average Bonchev–Trinajstić information content (AvgIpc) is 2.62. The molecule has 1 N–H and O–H groups in total. The van der Waals surface area contributed by atoms with Crippen molar-refractivity contribution in [2.75, 3.05) is 7.05 Å². The second-order valence-corrected chi connectivity index (χ2v) is 6.39. The van der Waals surface area contributed by atoms with Gasteiger partial charge in [-0.25, -0.2) is 0 Å². The van der Waals surface area contributed by atoms with Gasteiger partial charge in [-0.15, -0.1) is 0 Å².